The molecule has 1 aliphatic heterocycles. The Bertz CT molecular complexity index is 731. The van der Waals surface area contributed by atoms with Crippen molar-refractivity contribution in [2.24, 2.45) is 5.92 Å². The van der Waals surface area contributed by atoms with E-state index in [4.69, 9.17) is 0 Å². The quantitative estimate of drug-likeness (QED) is 0.913. The van der Waals surface area contributed by atoms with Gasteiger partial charge in [0.15, 0.2) is 0 Å². The maximum atomic E-state index is 12.9. The molecule has 2 aromatic heterocycles. The zero-order valence-electron chi connectivity index (χ0n) is 14.6. The van der Waals surface area contributed by atoms with Crippen LogP contribution in [0.4, 0.5) is 19.0 Å². The van der Waals surface area contributed by atoms with Crippen LogP contribution < -0.4 is 5.32 Å². The van der Waals surface area contributed by atoms with Gasteiger partial charge in [-0.1, -0.05) is 13.8 Å². The predicted molar refractivity (Wildman–Crippen MR) is 88.4 cm³/mol. The van der Waals surface area contributed by atoms with Crippen molar-refractivity contribution in [3.63, 3.8) is 0 Å². The smallest absolute Gasteiger partial charge is 0.367 e. The summed E-state index contributed by atoms with van der Waals surface area (Å²) in [6.07, 6.45) is -2.70. The highest BCUT2D eigenvalue weighted by Crippen LogP contribution is 2.27. The lowest BCUT2D eigenvalue weighted by Crippen LogP contribution is -2.40. The van der Waals surface area contributed by atoms with Gasteiger partial charge in [-0.25, -0.2) is 4.98 Å². The van der Waals surface area contributed by atoms with Gasteiger partial charge in [0.05, 0.1) is 0 Å². The fourth-order valence-electron chi connectivity index (χ4n) is 3.20. The molecule has 1 fully saturated rings. The molecule has 0 radical (unpaired) electrons. The second-order valence-corrected chi connectivity index (χ2v) is 7.04. The molecular weight excluding hydrogens is 333 g/mol. The minimum Gasteiger partial charge on any atom is -0.367 e. The molecule has 0 bridgehead atoms. The number of likely N-dealkylation sites (tertiary alicyclic amines) is 1. The third-order valence-corrected chi connectivity index (χ3v) is 4.26. The van der Waals surface area contributed by atoms with Crippen molar-refractivity contribution in [1.82, 2.24) is 24.5 Å². The Morgan fingerprint density at radius 3 is 2.52 bits per heavy atom. The first-order valence-corrected chi connectivity index (χ1v) is 8.53. The van der Waals surface area contributed by atoms with E-state index < -0.39 is 12.0 Å². The number of anilines is 1. The van der Waals surface area contributed by atoms with E-state index in [0.29, 0.717) is 17.4 Å². The van der Waals surface area contributed by atoms with E-state index in [0.717, 1.165) is 37.0 Å². The van der Waals surface area contributed by atoms with Crippen LogP contribution >= 0.6 is 0 Å². The highest BCUT2D eigenvalue weighted by Gasteiger charge is 2.37. The number of nitrogens with zero attached hydrogens (tertiary/aromatic N) is 5. The Kier molecular flexibility index (Phi) is 4.86. The molecule has 0 unspecified atom stereocenters. The second-order valence-electron chi connectivity index (χ2n) is 7.04. The van der Waals surface area contributed by atoms with E-state index in [2.05, 4.69) is 39.1 Å². The minimum atomic E-state index is -4.58. The van der Waals surface area contributed by atoms with Crippen LogP contribution in [0.2, 0.25) is 0 Å². The number of hydrogen-bond donors (Lipinski definition) is 1. The third-order valence-electron chi connectivity index (χ3n) is 4.26. The molecule has 0 aromatic carbocycles. The first kappa shape index (κ1) is 17.9. The second kappa shape index (κ2) is 6.78. The Morgan fingerprint density at radius 2 is 1.92 bits per heavy atom. The minimum absolute atomic E-state index is 0.0351. The highest BCUT2D eigenvalue weighted by molar-refractivity contribution is 5.46. The number of hydrogen-bond acceptors (Lipinski definition) is 5. The number of halogens is 3. The molecule has 0 amide bonds. The van der Waals surface area contributed by atoms with Crippen LogP contribution in [0.1, 0.15) is 38.2 Å². The molecule has 25 heavy (non-hydrogen) atoms. The number of nitrogens with one attached hydrogen (secondary N) is 1. The van der Waals surface area contributed by atoms with Gasteiger partial charge in [-0.2, -0.15) is 22.7 Å². The van der Waals surface area contributed by atoms with Gasteiger partial charge in [-0.15, -0.1) is 5.10 Å². The monoisotopic (exact) mass is 356 g/mol. The van der Waals surface area contributed by atoms with E-state index in [1.807, 2.05) is 0 Å². The van der Waals surface area contributed by atoms with E-state index >= 15 is 0 Å². The molecule has 138 valence electrons. The normalized spacial score (nSPS) is 17.6. The molecule has 0 aliphatic carbocycles. The van der Waals surface area contributed by atoms with Crippen molar-refractivity contribution in [1.29, 1.82) is 0 Å². The van der Waals surface area contributed by atoms with Gasteiger partial charge < -0.3 is 10.2 Å². The van der Waals surface area contributed by atoms with Gasteiger partial charge in [-0.05, 0) is 25.7 Å². The largest absolute Gasteiger partial charge is 0.453 e. The van der Waals surface area contributed by atoms with Crippen LogP contribution in [-0.4, -0.2) is 50.2 Å². The number of aromatic nitrogens is 4. The Balaban J connectivity index is 1.76. The molecule has 0 atom stereocenters. The number of piperidine rings is 1. The standard InChI is InChI=1S/C16H23F3N6/c1-10(2)9-24-6-4-12(5-7-24)21-13-8-11(3)20-15-22-14(16(17,18)19)23-25(13)15/h8,10,12,21H,4-7,9H2,1-3H3. The lowest BCUT2D eigenvalue weighted by molar-refractivity contribution is -0.144. The number of alkyl halides is 3. The van der Waals surface area contributed by atoms with Crippen molar-refractivity contribution in [3.05, 3.63) is 17.6 Å². The molecule has 2 aromatic rings. The first-order valence-electron chi connectivity index (χ1n) is 8.53. The molecule has 1 saturated heterocycles. The van der Waals surface area contributed by atoms with Gasteiger partial charge in [0.2, 0.25) is 0 Å². The fraction of sp³-hybridized carbons (Fsp3) is 0.688. The van der Waals surface area contributed by atoms with Crippen LogP contribution in [0.5, 0.6) is 0 Å². The zero-order valence-corrected chi connectivity index (χ0v) is 14.6. The summed E-state index contributed by atoms with van der Waals surface area (Å²) in [5.74, 6) is -0.0665. The van der Waals surface area contributed by atoms with Crippen LogP contribution in [-0.2, 0) is 6.18 Å². The molecular formula is C16H23F3N6. The van der Waals surface area contributed by atoms with Crippen LogP contribution in [0.25, 0.3) is 5.78 Å². The number of rotatable bonds is 4. The van der Waals surface area contributed by atoms with Gasteiger partial charge in [0, 0.05) is 37.4 Å². The maximum Gasteiger partial charge on any atom is 0.453 e. The number of fused-ring (bicyclic) bond motifs is 1. The van der Waals surface area contributed by atoms with Gasteiger partial charge >= 0.3 is 6.18 Å². The average Bonchev–Trinajstić information content (AvgIpc) is 2.93. The summed E-state index contributed by atoms with van der Waals surface area (Å²) in [4.78, 5) is 9.98. The summed E-state index contributed by atoms with van der Waals surface area (Å²) in [7, 11) is 0. The molecule has 9 heteroatoms. The summed E-state index contributed by atoms with van der Waals surface area (Å²) in [5, 5.41) is 6.92. The van der Waals surface area contributed by atoms with Gasteiger partial charge in [0.25, 0.3) is 11.6 Å². The van der Waals surface area contributed by atoms with Crippen molar-refractivity contribution in [2.75, 3.05) is 25.0 Å². The predicted octanol–water partition coefficient (Wildman–Crippen LogP) is 2.98. The zero-order chi connectivity index (χ0) is 18.2. The summed E-state index contributed by atoms with van der Waals surface area (Å²) < 4.78 is 39.8. The van der Waals surface area contributed by atoms with Crippen molar-refractivity contribution in [3.8, 4) is 0 Å². The maximum absolute atomic E-state index is 12.9. The fourth-order valence-corrected chi connectivity index (χ4v) is 3.20. The van der Waals surface area contributed by atoms with E-state index in [9.17, 15) is 13.2 Å². The number of aryl methyl sites for hydroxylation is 1. The van der Waals surface area contributed by atoms with Crippen LogP contribution in [0.15, 0.2) is 6.07 Å². The lowest BCUT2D eigenvalue weighted by atomic mass is 10.0. The highest BCUT2D eigenvalue weighted by atomic mass is 19.4. The SMILES string of the molecule is Cc1cc(NC2CCN(CC(C)C)CC2)n2nc(C(F)(F)F)nc2n1. The van der Waals surface area contributed by atoms with E-state index in [1.54, 1.807) is 13.0 Å². The summed E-state index contributed by atoms with van der Waals surface area (Å²) in [5.41, 5.74) is 0.605. The average molecular weight is 356 g/mol. The topological polar surface area (TPSA) is 58.4 Å². The Morgan fingerprint density at radius 1 is 1.24 bits per heavy atom. The lowest BCUT2D eigenvalue weighted by Gasteiger charge is -2.33. The van der Waals surface area contributed by atoms with Gasteiger partial charge in [-0.3, -0.25) is 0 Å². The molecule has 3 heterocycles. The Labute approximate surface area is 144 Å². The molecule has 1 N–H and O–H groups in total. The summed E-state index contributed by atoms with van der Waals surface area (Å²) in [6, 6.07) is 1.91. The van der Waals surface area contributed by atoms with E-state index in [-0.39, 0.29) is 11.8 Å². The van der Waals surface area contributed by atoms with Crippen LogP contribution in [0, 0.1) is 12.8 Å². The molecule has 1 aliphatic rings. The Hall–Kier alpha value is -1.90. The van der Waals surface area contributed by atoms with E-state index in [1.165, 1.54) is 0 Å². The molecule has 3 rings (SSSR count). The first-order chi connectivity index (χ1) is 11.7. The van der Waals surface area contributed by atoms with Crippen LogP contribution in [0.3, 0.4) is 0 Å². The molecule has 0 spiro atoms. The van der Waals surface area contributed by atoms with Crippen molar-refractivity contribution in [2.45, 2.75) is 45.8 Å². The third kappa shape index (κ3) is 4.20. The summed E-state index contributed by atoms with van der Waals surface area (Å²) in [6.45, 7) is 9.16. The van der Waals surface area contributed by atoms with Crippen molar-refractivity contribution < 1.29 is 13.2 Å². The molecule has 0 saturated carbocycles. The summed E-state index contributed by atoms with van der Waals surface area (Å²) >= 11 is 0. The molecule has 6 nitrogen and oxygen atoms in total. The van der Waals surface area contributed by atoms with Gasteiger partial charge in [0.1, 0.15) is 5.82 Å². The van der Waals surface area contributed by atoms with Crippen molar-refractivity contribution >= 4 is 11.6 Å².